The molecular weight excluding hydrogens is 454 g/mol. The molecule has 4 aromatic rings. The second-order valence-electron chi connectivity index (χ2n) is 7.01. The third-order valence-corrected chi connectivity index (χ3v) is 6.57. The first-order valence-electron chi connectivity index (χ1n) is 9.22. The van der Waals surface area contributed by atoms with Crippen LogP contribution in [0.1, 0.15) is 31.7 Å². The Kier molecular flexibility index (Phi) is 6.23. The molecule has 0 unspecified atom stereocenters. The van der Waals surface area contributed by atoms with E-state index >= 15 is 0 Å². The summed E-state index contributed by atoms with van der Waals surface area (Å²) in [6.07, 6.45) is 7.15. The molecule has 1 aliphatic rings. The van der Waals surface area contributed by atoms with Crippen LogP contribution in [0.15, 0.2) is 36.9 Å². The summed E-state index contributed by atoms with van der Waals surface area (Å²) in [7, 11) is 0. The molecule has 152 valence electrons. The van der Waals surface area contributed by atoms with Gasteiger partial charge in [-0.05, 0) is 37.1 Å². The third-order valence-electron chi connectivity index (χ3n) is 5.13. The molecule has 2 N–H and O–H groups in total. The smallest absolute Gasteiger partial charge is 0.0961 e. The van der Waals surface area contributed by atoms with E-state index in [4.69, 9.17) is 46.4 Å². The summed E-state index contributed by atoms with van der Waals surface area (Å²) < 4.78 is 2.03. The normalized spacial score (nSPS) is 19.3. The lowest BCUT2D eigenvalue weighted by Gasteiger charge is -2.29. The highest BCUT2D eigenvalue weighted by molar-refractivity contribution is 6.43. The molecule has 2 aromatic carbocycles. The fourth-order valence-corrected chi connectivity index (χ4v) is 4.27. The number of nitrogens with one attached hydrogen (secondary N) is 1. The number of aromatic nitrogens is 4. The highest BCUT2D eigenvalue weighted by Crippen LogP contribution is 2.34. The molecule has 0 aliphatic heterocycles. The molecule has 0 spiro atoms. The van der Waals surface area contributed by atoms with E-state index in [2.05, 4.69) is 15.0 Å². The average Bonchev–Trinajstić information content (AvgIpc) is 3.30. The molecule has 0 bridgehead atoms. The van der Waals surface area contributed by atoms with Gasteiger partial charge in [0, 0.05) is 0 Å². The highest BCUT2D eigenvalue weighted by Gasteiger charge is 2.25. The molecule has 1 saturated carbocycles. The van der Waals surface area contributed by atoms with Crippen molar-refractivity contribution in [2.45, 2.75) is 37.8 Å². The van der Waals surface area contributed by atoms with Gasteiger partial charge in [0.15, 0.2) is 0 Å². The molecule has 0 amide bonds. The van der Waals surface area contributed by atoms with Gasteiger partial charge in [-0.25, -0.2) is 9.97 Å². The lowest BCUT2D eigenvalue weighted by Crippen LogP contribution is -2.27. The van der Waals surface area contributed by atoms with Crippen molar-refractivity contribution < 1.29 is 5.11 Å². The number of aromatic amines is 1. The van der Waals surface area contributed by atoms with Crippen molar-refractivity contribution in [2.75, 3.05) is 0 Å². The van der Waals surface area contributed by atoms with Crippen molar-refractivity contribution in [1.29, 1.82) is 0 Å². The summed E-state index contributed by atoms with van der Waals surface area (Å²) >= 11 is 23.6. The number of nitrogens with zero attached hydrogens (tertiary/aromatic N) is 3. The molecule has 5 nitrogen and oxygen atoms in total. The second-order valence-corrected chi connectivity index (χ2v) is 8.64. The second kappa shape index (κ2) is 8.70. The fraction of sp³-hybridized carbons (Fsp3) is 0.300. The van der Waals surface area contributed by atoms with Crippen LogP contribution in [-0.2, 0) is 0 Å². The van der Waals surface area contributed by atoms with Crippen LogP contribution in [0.2, 0.25) is 20.1 Å². The van der Waals surface area contributed by atoms with Crippen LogP contribution in [0.4, 0.5) is 0 Å². The minimum Gasteiger partial charge on any atom is -0.391 e. The predicted molar refractivity (Wildman–Crippen MR) is 119 cm³/mol. The fourth-order valence-electron chi connectivity index (χ4n) is 3.63. The van der Waals surface area contributed by atoms with Crippen LogP contribution in [0.25, 0.3) is 22.1 Å². The summed E-state index contributed by atoms with van der Waals surface area (Å²) in [6, 6.07) is 7.18. The third kappa shape index (κ3) is 4.35. The largest absolute Gasteiger partial charge is 0.391 e. The molecule has 29 heavy (non-hydrogen) atoms. The minimum atomic E-state index is -0.300. The summed E-state index contributed by atoms with van der Waals surface area (Å²) in [6.45, 7) is 0. The first kappa shape index (κ1) is 20.8. The molecule has 1 fully saturated rings. The number of H-pyrrole nitrogens is 1. The monoisotopic (exact) mass is 470 g/mol. The van der Waals surface area contributed by atoms with Crippen LogP contribution in [0, 0.1) is 0 Å². The van der Waals surface area contributed by atoms with Gasteiger partial charge < -0.3 is 14.7 Å². The number of benzene rings is 2. The van der Waals surface area contributed by atoms with Crippen LogP contribution in [-0.4, -0.2) is 30.7 Å². The van der Waals surface area contributed by atoms with Crippen LogP contribution >= 0.6 is 46.4 Å². The summed E-state index contributed by atoms with van der Waals surface area (Å²) in [5.74, 6) is 0. The van der Waals surface area contributed by atoms with E-state index in [0.29, 0.717) is 20.1 Å². The van der Waals surface area contributed by atoms with Crippen LogP contribution in [0.3, 0.4) is 0 Å². The topological polar surface area (TPSA) is 66.7 Å². The van der Waals surface area contributed by atoms with Gasteiger partial charge in [0.2, 0.25) is 0 Å². The number of aliphatic hydroxyl groups is 1. The quantitative estimate of drug-likeness (QED) is 0.325. The van der Waals surface area contributed by atoms with Gasteiger partial charge in [0.25, 0.3) is 0 Å². The number of aliphatic hydroxyl groups excluding tert-OH is 1. The standard InChI is InChI=1S/C13H14Cl2N2O.C7H4Cl2N2/c14-8-5-10-12(6-9(8)15)17(7-16-10)11-3-1-2-4-13(11)18;8-4-1-6-7(2-5(4)9)11-3-10-6/h5-7,11,13,18H,1-4H2;1-3H,(H,10,11)/t11-,13-;/m0./s1. The predicted octanol–water partition coefficient (Wildman–Crippen LogP) is 6.69. The summed E-state index contributed by atoms with van der Waals surface area (Å²) in [4.78, 5) is 11.3. The Balaban J connectivity index is 0.000000159. The van der Waals surface area contributed by atoms with Gasteiger partial charge in [-0.3, -0.25) is 0 Å². The highest BCUT2D eigenvalue weighted by atomic mass is 35.5. The maximum absolute atomic E-state index is 10.1. The lowest BCUT2D eigenvalue weighted by atomic mass is 9.92. The zero-order chi connectivity index (χ0) is 20.5. The number of halogens is 4. The van der Waals surface area contributed by atoms with Gasteiger partial charge in [0.05, 0.1) is 67.0 Å². The number of hydrogen-bond acceptors (Lipinski definition) is 3. The van der Waals surface area contributed by atoms with Crippen LogP contribution < -0.4 is 0 Å². The lowest BCUT2D eigenvalue weighted by molar-refractivity contribution is 0.0773. The average molecular weight is 472 g/mol. The maximum Gasteiger partial charge on any atom is 0.0961 e. The van der Waals surface area contributed by atoms with E-state index in [1.165, 1.54) is 0 Å². The Morgan fingerprint density at radius 1 is 0.862 bits per heavy atom. The molecule has 1 aliphatic carbocycles. The van der Waals surface area contributed by atoms with E-state index in [-0.39, 0.29) is 12.1 Å². The minimum absolute atomic E-state index is 0.0981. The van der Waals surface area contributed by atoms with E-state index < -0.39 is 0 Å². The van der Waals surface area contributed by atoms with Gasteiger partial charge in [-0.1, -0.05) is 59.2 Å². The van der Waals surface area contributed by atoms with Crippen molar-refractivity contribution >= 4 is 68.5 Å². The van der Waals surface area contributed by atoms with Crippen LogP contribution in [0.5, 0.6) is 0 Å². The molecule has 0 radical (unpaired) electrons. The zero-order valence-electron chi connectivity index (χ0n) is 15.2. The van der Waals surface area contributed by atoms with Crippen molar-refractivity contribution in [2.24, 2.45) is 0 Å². The molecule has 2 aromatic heterocycles. The molecule has 2 heterocycles. The summed E-state index contributed by atoms with van der Waals surface area (Å²) in [5, 5.41) is 12.2. The van der Waals surface area contributed by atoms with Crippen molar-refractivity contribution in [1.82, 2.24) is 19.5 Å². The Bertz CT molecular complexity index is 1120. The molecule has 2 atom stereocenters. The Hall–Kier alpha value is -1.50. The number of hydrogen-bond donors (Lipinski definition) is 2. The van der Waals surface area contributed by atoms with Gasteiger partial charge in [0.1, 0.15) is 0 Å². The maximum atomic E-state index is 10.1. The number of fused-ring (bicyclic) bond motifs is 2. The van der Waals surface area contributed by atoms with Crippen molar-refractivity contribution in [3.8, 4) is 0 Å². The Morgan fingerprint density at radius 2 is 1.52 bits per heavy atom. The molecule has 0 saturated heterocycles. The first-order valence-corrected chi connectivity index (χ1v) is 10.7. The van der Waals surface area contributed by atoms with E-state index in [9.17, 15) is 5.11 Å². The molecular formula is C20H18Cl4N4O. The number of imidazole rings is 2. The SMILES string of the molecule is Clc1cc2nc[nH]c2cc1Cl.O[C@H]1CCCC[C@@H]1n1cnc2cc(Cl)c(Cl)cc21. The number of rotatable bonds is 1. The van der Waals surface area contributed by atoms with E-state index in [1.807, 2.05) is 10.6 Å². The van der Waals surface area contributed by atoms with Gasteiger partial charge >= 0.3 is 0 Å². The van der Waals surface area contributed by atoms with E-state index in [0.717, 1.165) is 47.8 Å². The zero-order valence-corrected chi connectivity index (χ0v) is 18.3. The van der Waals surface area contributed by atoms with Gasteiger partial charge in [-0.2, -0.15) is 0 Å². The molecule has 5 rings (SSSR count). The van der Waals surface area contributed by atoms with Crippen molar-refractivity contribution in [3.63, 3.8) is 0 Å². The molecule has 9 heteroatoms. The van der Waals surface area contributed by atoms with Gasteiger partial charge in [-0.15, -0.1) is 0 Å². The Morgan fingerprint density at radius 3 is 2.28 bits per heavy atom. The van der Waals surface area contributed by atoms with Crippen molar-refractivity contribution in [3.05, 3.63) is 57.0 Å². The first-order chi connectivity index (χ1) is 13.9. The Labute approximate surface area is 187 Å². The van der Waals surface area contributed by atoms with E-state index in [1.54, 1.807) is 30.9 Å². The summed E-state index contributed by atoms with van der Waals surface area (Å²) in [5.41, 5.74) is 3.50.